The molecule has 0 amide bonds. The van der Waals surface area contributed by atoms with Crippen LogP contribution >= 0.6 is 0 Å². The molecule has 114 valence electrons. The number of anilines is 1. The molecule has 1 heterocycles. The summed E-state index contributed by atoms with van der Waals surface area (Å²) in [7, 11) is 0. The number of rotatable bonds is 2. The fourth-order valence-corrected chi connectivity index (χ4v) is 4.66. The molecule has 2 heteroatoms. The van der Waals surface area contributed by atoms with Crippen molar-refractivity contribution in [3.8, 4) is 0 Å². The minimum Gasteiger partial charge on any atom is -0.382 e. The second kappa shape index (κ2) is 5.64. The average Bonchev–Trinajstić information content (AvgIpc) is 2.95. The zero-order valence-corrected chi connectivity index (χ0v) is 13.0. The van der Waals surface area contributed by atoms with Gasteiger partial charge in [0.1, 0.15) is 0 Å². The first-order chi connectivity index (χ1) is 10.3. The highest BCUT2D eigenvalue weighted by Crippen LogP contribution is 2.41. The Balaban J connectivity index is 1.51. The molecule has 0 radical (unpaired) electrons. The van der Waals surface area contributed by atoms with Crippen molar-refractivity contribution in [3.05, 3.63) is 29.3 Å². The van der Waals surface area contributed by atoms with Gasteiger partial charge in [0.15, 0.2) is 0 Å². The van der Waals surface area contributed by atoms with E-state index >= 15 is 0 Å². The van der Waals surface area contributed by atoms with Crippen LogP contribution in [0.2, 0.25) is 0 Å². The fraction of sp³-hybridized carbons (Fsp3) is 0.684. The van der Waals surface area contributed by atoms with Gasteiger partial charge in [-0.25, -0.2) is 0 Å². The molecular formula is C19H27NO. The van der Waals surface area contributed by atoms with E-state index in [0.29, 0.717) is 6.04 Å². The third kappa shape index (κ3) is 2.70. The van der Waals surface area contributed by atoms with Gasteiger partial charge in [0.2, 0.25) is 0 Å². The van der Waals surface area contributed by atoms with Crippen LogP contribution in [0, 0.1) is 0 Å². The van der Waals surface area contributed by atoms with E-state index in [0.717, 1.165) is 13.0 Å². The van der Waals surface area contributed by atoms with Crippen LogP contribution in [0.3, 0.4) is 0 Å². The number of benzene rings is 1. The standard InChI is InChI=1S/C19H27NO/c1-2-8-17-15(6-1)7-5-9-18(17)20-16-10-13-21-19(14-16)11-3-4-12-19/h5,7,9,16,20H,1-4,6,8,10-14H2. The first-order valence-electron chi connectivity index (χ1n) is 8.86. The molecule has 3 aliphatic rings. The summed E-state index contributed by atoms with van der Waals surface area (Å²) in [5.74, 6) is 0. The minimum atomic E-state index is 0.213. The van der Waals surface area contributed by atoms with E-state index in [2.05, 4.69) is 23.5 Å². The maximum absolute atomic E-state index is 6.17. The Labute approximate surface area is 128 Å². The van der Waals surface area contributed by atoms with E-state index in [4.69, 9.17) is 4.74 Å². The number of hydrogen-bond donors (Lipinski definition) is 1. The summed E-state index contributed by atoms with van der Waals surface area (Å²) in [6.07, 6.45) is 12.9. The average molecular weight is 285 g/mol. The Morgan fingerprint density at radius 1 is 1.05 bits per heavy atom. The Bertz CT molecular complexity index is 504. The normalized spacial score (nSPS) is 27.5. The van der Waals surface area contributed by atoms with E-state index < -0.39 is 0 Å². The lowest BCUT2D eigenvalue weighted by Crippen LogP contribution is -2.42. The van der Waals surface area contributed by atoms with E-state index in [1.54, 1.807) is 11.1 Å². The van der Waals surface area contributed by atoms with Crippen molar-refractivity contribution in [1.29, 1.82) is 0 Å². The van der Waals surface area contributed by atoms with Crippen molar-refractivity contribution in [2.45, 2.75) is 75.9 Å². The topological polar surface area (TPSA) is 21.3 Å². The molecule has 2 aliphatic carbocycles. The molecule has 1 aromatic rings. The molecule has 2 fully saturated rings. The van der Waals surface area contributed by atoms with Crippen LogP contribution in [0.5, 0.6) is 0 Å². The first-order valence-corrected chi connectivity index (χ1v) is 8.86. The van der Waals surface area contributed by atoms with E-state index in [-0.39, 0.29) is 5.60 Å². The summed E-state index contributed by atoms with van der Waals surface area (Å²) < 4.78 is 6.17. The smallest absolute Gasteiger partial charge is 0.0702 e. The summed E-state index contributed by atoms with van der Waals surface area (Å²) >= 11 is 0. The Morgan fingerprint density at radius 2 is 1.90 bits per heavy atom. The molecule has 1 aromatic carbocycles. The lowest BCUT2D eigenvalue weighted by atomic mass is 9.87. The molecule has 1 saturated carbocycles. The van der Waals surface area contributed by atoms with Crippen LogP contribution in [0.1, 0.15) is 62.5 Å². The maximum atomic E-state index is 6.17. The van der Waals surface area contributed by atoms with Gasteiger partial charge < -0.3 is 10.1 Å². The molecule has 1 spiro atoms. The third-order valence-corrected chi connectivity index (χ3v) is 5.76. The lowest BCUT2D eigenvalue weighted by Gasteiger charge is -2.39. The van der Waals surface area contributed by atoms with Crippen LogP contribution in [0.4, 0.5) is 5.69 Å². The molecule has 0 bridgehead atoms. The van der Waals surface area contributed by atoms with Crippen LogP contribution in [0.25, 0.3) is 0 Å². The zero-order valence-electron chi connectivity index (χ0n) is 13.0. The number of aryl methyl sites for hydroxylation is 1. The van der Waals surface area contributed by atoms with Crippen LogP contribution in [-0.4, -0.2) is 18.2 Å². The molecule has 4 rings (SSSR count). The van der Waals surface area contributed by atoms with Crippen molar-refractivity contribution in [2.24, 2.45) is 0 Å². The summed E-state index contributed by atoms with van der Waals surface area (Å²) in [6.45, 7) is 0.937. The summed E-state index contributed by atoms with van der Waals surface area (Å²) in [6, 6.07) is 7.45. The largest absolute Gasteiger partial charge is 0.382 e. The van der Waals surface area contributed by atoms with Gasteiger partial charge >= 0.3 is 0 Å². The van der Waals surface area contributed by atoms with Gasteiger partial charge in [0.25, 0.3) is 0 Å². The maximum Gasteiger partial charge on any atom is 0.0702 e. The molecule has 1 aliphatic heterocycles. The van der Waals surface area contributed by atoms with Crippen molar-refractivity contribution < 1.29 is 4.74 Å². The van der Waals surface area contributed by atoms with Crippen molar-refractivity contribution in [2.75, 3.05) is 11.9 Å². The highest BCUT2D eigenvalue weighted by atomic mass is 16.5. The van der Waals surface area contributed by atoms with Gasteiger partial charge in [-0.05, 0) is 68.6 Å². The second-order valence-electron chi connectivity index (χ2n) is 7.22. The molecule has 2 nitrogen and oxygen atoms in total. The third-order valence-electron chi connectivity index (χ3n) is 5.76. The Kier molecular flexibility index (Phi) is 3.66. The predicted octanol–water partition coefficient (Wildman–Crippen LogP) is 4.47. The Hall–Kier alpha value is -1.02. The van der Waals surface area contributed by atoms with Gasteiger partial charge in [-0.1, -0.05) is 25.0 Å². The van der Waals surface area contributed by atoms with E-state index in [9.17, 15) is 0 Å². The van der Waals surface area contributed by atoms with Crippen molar-refractivity contribution >= 4 is 5.69 Å². The molecule has 0 aromatic heterocycles. The molecule has 1 atom stereocenters. The van der Waals surface area contributed by atoms with Gasteiger partial charge in [0.05, 0.1) is 5.60 Å². The van der Waals surface area contributed by atoms with Gasteiger partial charge in [-0.15, -0.1) is 0 Å². The predicted molar refractivity (Wildman–Crippen MR) is 86.9 cm³/mol. The monoisotopic (exact) mass is 285 g/mol. The molecule has 21 heavy (non-hydrogen) atoms. The minimum absolute atomic E-state index is 0.213. The first kappa shape index (κ1) is 13.6. The van der Waals surface area contributed by atoms with Gasteiger partial charge in [-0.3, -0.25) is 0 Å². The van der Waals surface area contributed by atoms with Crippen LogP contribution < -0.4 is 5.32 Å². The van der Waals surface area contributed by atoms with Crippen molar-refractivity contribution in [3.63, 3.8) is 0 Å². The SMILES string of the molecule is c1cc2c(c(NC3CCOC4(CCCC4)C3)c1)CCCC2. The summed E-state index contributed by atoms with van der Waals surface area (Å²) in [5.41, 5.74) is 4.79. The zero-order chi connectivity index (χ0) is 14.1. The number of ether oxygens (including phenoxy) is 1. The number of hydrogen-bond acceptors (Lipinski definition) is 2. The highest BCUT2D eigenvalue weighted by molar-refractivity contribution is 5.56. The molecule has 1 saturated heterocycles. The molecule has 1 N–H and O–H groups in total. The van der Waals surface area contributed by atoms with Crippen LogP contribution in [0.15, 0.2) is 18.2 Å². The van der Waals surface area contributed by atoms with Crippen molar-refractivity contribution in [1.82, 2.24) is 0 Å². The van der Waals surface area contributed by atoms with Crippen LogP contribution in [-0.2, 0) is 17.6 Å². The Morgan fingerprint density at radius 3 is 2.81 bits per heavy atom. The fourth-order valence-electron chi connectivity index (χ4n) is 4.66. The molecular weight excluding hydrogens is 258 g/mol. The number of nitrogens with one attached hydrogen (secondary N) is 1. The quantitative estimate of drug-likeness (QED) is 0.865. The molecule has 1 unspecified atom stereocenters. The lowest BCUT2D eigenvalue weighted by molar-refractivity contribution is -0.0767. The van der Waals surface area contributed by atoms with E-state index in [1.165, 1.54) is 63.5 Å². The van der Waals surface area contributed by atoms with E-state index in [1.807, 2.05) is 0 Å². The van der Waals surface area contributed by atoms with Gasteiger partial charge in [0, 0.05) is 18.3 Å². The second-order valence-corrected chi connectivity index (χ2v) is 7.22. The van der Waals surface area contributed by atoms with Gasteiger partial charge in [-0.2, -0.15) is 0 Å². The summed E-state index contributed by atoms with van der Waals surface area (Å²) in [4.78, 5) is 0. The highest BCUT2D eigenvalue weighted by Gasteiger charge is 2.39. The summed E-state index contributed by atoms with van der Waals surface area (Å²) in [5, 5.41) is 3.88. The number of fused-ring (bicyclic) bond motifs is 1.